The van der Waals surface area contributed by atoms with Crippen molar-refractivity contribution < 1.29 is 4.74 Å². The molecule has 1 aromatic carbocycles. The molecular weight excluding hydrogens is 296 g/mol. The molecule has 5 N–H and O–H groups in total. The SMILES string of the molecule is COc1ccc(Cn2cc(CN(C)C(=N)N=C(N)N)nn2)cc1. The number of nitrogens with two attached hydrogens (primary N) is 2. The molecule has 0 radical (unpaired) electrons. The maximum absolute atomic E-state index is 7.71. The summed E-state index contributed by atoms with van der Waals surface area (Å²) < 4.78 is 6.86. The normalized spacial score (nSPS) is 10.2. The highest BCUT2D eigenvalue weighted by atomic mass is 16.5. The van der Waals surface area contributed by atoms with E-state index in [0.29, 0.717) is 13.1 Å². The van der Waals surface area contributed by atoms with Gasteiger partial charge in [-0.15, -0.1) is 5.10 Å². The van der Waals surface area contributed by atoms with Gasteiger partial charge in [0.2, 0.25) is 5.96 Å². The van der Waals surface area contributed by atoms with E-state index in [0.717, 1.165) is 17.0 Å². The molecule has 0 saturated heterocycles. The van der Waals surface area contributed by atoms with Gasteiger partial charge in [-0.2, -0.15) is 4.99 Å². The van der Waals surface area contributed by atoms with Crippen LogP contribution < -0.4 is 16.2 Å². The average Bonchev–Trinajstić information content (AvgIpc) is 2.94. The lowest BCUT2D eigenvalue weighted by atomic mass is 10.2. The molecule has 1 aromatic heterocycles. The number of nitrogens with zero attached hydrogens (tertiary/aromatic N) is 5. The van der Waals surface area contributed by atoms with Crippen LogP contribution in [0.25, 0.3) is 0 Å². The Bertz CT molecular complexity index is 687. The van der Waals surface area contributed by atoms with Crippen molar-refractivity contribution in [1.82, 2.24) is 19.9 Å². The Morgan fingerprint density at radius 2 is 2.04 bits per heavy atom. The fraction of sp³-hybridized carbons (Fsp3) is 0.286. The van der Waals surface area contributed by atoms with E-state index in [2.05, 4.69) is 15.3 Å². The lowest BCUT2D eigenvalue weighted by Crippen LogP contribution is -2.30. The van der Waals surface area contributed by atoms with Gasteiger partial charge in [0.15, 0.2) is 5.96 Å². The summed E-state index contributed by atoms with van der Waals surface area (Å²) in [5.74, 6) is 0.632. The molecule has 0 amide bonds. The van der Waals surface area contributed by atoms with Crippen molar-refractivity contribution in [3.05, 3.63) is 41.7 Å². The molecule has 0 atom stereocenters. The predicted molar refractivity (Wildman–Crippen MR) is 87.1 cm³/mol. The largest absolute Gasteiger partial charge is 0.497 e. The first-order chi connectivity index (χ1) is 11.0. The van der Waals surface area contributed by atoms with E-state index in [1.807, 2.05) is 30.5 Å². The molecule has 0 fully saturated rings. The standard InChI is InChI=1S/C14H20N8O/c1-21(14(17)18-13(15)16)8-11-9-22(20-19-11)7-10-3-5-12(23-2)6-4-10/h3-6,9H,7-8H2,1-2H3,(H5,15,16,17,18). The number of hydrogen-bond acceptors (Lipinski definition) is 4. The maximum Gasteiger partial charge on any atom is 0.221 e. The minimum absolute atomic E-state index is 0.0327. The van der Waals surface area contributed by atoms with Gasteiger partial charge in [0.1, 0.15) is 11.4 Å². The van der Waals surface area contributed by atoms with E-state index in [-0.39, 0.29) is 11.9 Å². The van der Waals surface area contributed by atoms with Crippen LogP contribution in [0.5, 0.6) is 5.75 Å². The van der Waals surface area contributed by atoms with E-state index in [9.17, 15) is 0 Å². The number of nitrogens with one attached hydrogen (secondary N) is 1. The van der Waals surface area contributed by atoms with Gasteiger partial charge in [-0.3, -0.25) is 5.41 Å². The van der Waals surface area contributed by atoms with E-state index in [1.54, 1.807) is 23.7 Å². The van der Waals surface area contributed by atoms with Gasteiger partial charge >= 0.3 is 0 Å². The molecule has 0 aliphatic carbocycles. The van der Waals surface area contributed by atoms with Crippen molar-refractivity contribution in [1.29, 1.82) is 5.41 Å². The molecule has 0 unspecified atom stereocenters. The summed E-state index contributed by atoms with van der Waals surface area (Å²) in [7, 11) is 3.34. The quantitative estimate of drug-likeness (QED) is 0.524. The summed E-state index contributed by atoms with van der Waals surface area (Å²) in [4.78, 5) is 5.25. The van der Waals surface area contributed by atoms with Crippen molar-refractivity contribution >= 4 is 11.9 Å². The second-order valence-corrected chi connectivity index (χ2v) is 4.97. The molecule has 0 saturated carbocycles. The Labute approximate surface area is 134 Å². The van der Waals surface area contributed by atoms with Crippen LogP contribution in [0.3, 0.4) is 0 Å². The average molecular weight is 316 g/mol. The van der Waals surface area contributed by atoms with E-state index < -0.39 is 0 Å². The van der Waals surface area contributed by atoms with Gasteiger partial charge in [-0.25, -0.2) is 4.68 Å². The number of methoxy groups -OCH3 is 1. The molecule has 122 valence electrons. The second kappa shape index (κ2) is 7.25. The summed E-state index contributed by atoms with van der Waals surface area (Å²) >= 11 is 0. The lowest BCUT2D eigenvalue weighted by molar-refractivity contribution is 0.414. The minimum atomic E-state index is -0.148. The number of benzene rings is 1. The van der Waals surface area contributed by atoms with Gasteiger partial charge in [0.05, 0.1) is 26.4 Å². The fourth-order valence-electron chi connectivity index (χ4n) is 1.93. The molecule has 0 aliphatic heterocycles. The van der Waals surface area contributed by atoms with Crippen LogP contribution in [0.15, 0.2) is 35.5 Å². The van der Waals surface area contributed by atoms with Crippen LogP contribution in [0.2, 0.25) is 0 Å². The van der Waals surface area contributed by atoms with Crippen molar-refractivity contribution in [2.45, 2.75) is 13.1 Å². The number of aromatic nitrogens is 3. The van der Waals surface area contributed by atoms with Crippen LogP contribution in [0.1, 0.15) is 11.3 Å². The second-order valence-electron chi connectivity index (χ2n) is 4.97. The number of hydrogen-bond donors (Lipinski definition) is 3. The molecule has 0 spiro atoms. The third-order valence-electron chi connectivity index (χ3n) is 3.09. The molecule has 2 aromatic rings. The van der Waals surface area contributed by atoms with Crippen LogP contribution in [-0.2, 0) is 13.1 Å². The third kappa shape index (κ3) is 4.70. The summed E-state index contributed by atoms with van der Waals surface area (Å²) in [6.45, 7) is 0.990. The van der Waals surface area contributed by atoms with Crippen molar-refractivity contribution in [2.75, 3.05) is 14.2 Å². The van der Waals surface area contributed by atoms with Crippen molar-refractivity contribution in [3.63, 3.8) is 0 Å². The minimum Gasteiger partial charge on any atom is -0.497 e. The number of ether oxygens (including phenoxy) is 1. The molecule has 1 heterocycles. The van der Waals surface area contributed by atoms with Gasteiger partial charge in [-0.1, -0.05) is 17.3 Å². The molecule has 0 aliphatic rings. The van der Waals surface area contributed by atoms with E-state index in [1.165, 1.54) is 0 Å². The van der Waals surface area contributed by atoms with Crippen molar-refractivity contribution in [2.24, 2.45) is 16.5 Å². The summed E-state index contributed by atoms with van der Waals surface area (Å²) in [5.41, 5.74) is 12.3. The lowest BCUT2D eigenvalue weighted by Gasteiger charge is -2.14. The zero-order chi connectivity index (χ0) is 16.8. The van der Waals surface area contributed by atoms with Gasteiger partial charge in [0, 0.05) is 7.05 Å². The predicted octanol–water partition coefficient (Wildman–Crippen LogP) is -0.0250. The molecule has 9 heteroatoms. The van der Waals surface area contributed by atoms with Crippen LogP contribution in [0.4, 0.5) is 0 Å². The molecule has 0 bridgehead atoms. The fourth-order valence-corrected chi connectivity index (χ4v) is 1.93. The Morgan fingerprint density at radius 3 is 2.65 bits per heavy atom. The topological polar surface area (TPSA) is 131 Å². The maximum atomic E-state index is 7.71. The summed E-state index contributed by atoms with van der Waals surface area (Å²) in [6, 6.07) is 7.75. The number of guanidine groups is 2. The van der Waals surface area contributed by atoms with E-state index >= 15 is 0 Å². The zero-order valence-corrected chi connectivity index (χ0v) is 13.1. The highest BCUT2D eigenvalue weighted by Gasteiger charge is 2.08. The molecule has 2 rings (SSSR count). The summed E-state index contributed by atoms with van der Waals surface area (Å²) in [5, 5.41) is 15.9. The van der Waals surface area contributed by atoms with E-state index in [4.69, 9.17) is 21.6 Å². The molecular formula is C14H20N8O. The Balaban J connectivity index is 1.97. The highest BCUT2D eigenvalue weighted by Crippen LogP contribution is 2.12. The van der Waals surface area contributed by atoms with Crippen molar-refractivity contribution in [3.8, 4) is 5.75 Å². The Hall–Kier alpha value is -3.10. The number of aliphatic imine (C=N–C) groups is 1. The first kappa shape index (κ1) is 16.3. The van der Waals surface area contributed by atoms with Gasteiger partial charge in [0.25, 0.3) is 0 Å². The molecule has 9 nitrogen and oxygen atoms in total. The Kier molecular flexibility index (Phi) is 5.13. The summed E-state index contributed by atoms with van der Waals surface area (Å²) in [6.07, 6.45) is 1.82. The first-order valence-electron chi connectivity index (χ1n) is 6.89. The highest BCUT2D eigenvalue weighted by molar-refractivity contribution is 5.91. The zero-order valence-electron chi connectivity index (χ0n) is 13.1. The van der Waals surface area contributed by atoms with Crippen LogP contribution >= 0.6 is 0 Å². The first-order valence-corrected chi connectivity index (χ1v) is 6.89. The number of rotatable bonds is 5. The monoisotopic (exact) mass is 316 g/mol. The Morgan fingerprint density at radius 1 is 1.35 bits per heavy atom. The molecule has 23 heavy (non-hydrogen) atoms. The van der Waals surface area contributed by atoms with Gasteiger partial charge < -0.3 is 21.1 Å². The smallest absolute Gasteiger partial charge is 0.221 e. The van der Waals surface area contributed by atoms with Gasteiger partial charge in [-0.05, 0) is 17.7 Å². The van der Waals surface area contributed by atoms with Crippen LogP contribution in [-0.4, -0.2) is 46.0 Å². The van der Waals surface area contributed by atoms with Crippen LogP contribution in [0, 0.1) is 5.41 Å². The third-order valence-corrected chi connectivity index (χ3v) is 3.09.